The molecule has 0 bridgehead atoms. The Balaban J connectivity index is 1.80. The number of carbonyl (C=O) groups excluding carboxylic acids is 2. The summed E-state index contributed by atoms with van der Waals surface area (Å²) >= 11 is 0. The van der Waals surface area contributed by atoms with E-state index < -0.39 is 5.92 Å². The highest BCUT2D eigenvalue weighted by Crippen LogP contribution is 2.37. The number of hydrogen-bond donors (Lipinski definition) is 1. The molecule has 154 valence electrons. The Labute approximate surface area is 169 Å². The van der Waals surface area contributed by atoms with E-state index in [9.17, 15) is 9.59 Å². The van der Waals surface area contributed by atoms with Gasteiger partial charge in [-0.15, -0.1) is 0 Å². The Bertz CT molecular complexity index is 914. The topological polar surface area (TPSA) is 86.3 Å². The lowest BCUT2D eigenvalue weighted by Crippen LogP contribution is -2.28. The zero-order valence-electron chi connectivity index (χ0n) is 16.9. The quantitative estimate of drug-likeness (QED) is 0.769. The number of nitrogens with one attached hydrogen (secondary N) is 1. The SMILES string of the molecule is COc1ccc(OC)c(NC(=O)[C@H]2CC(=O)N(c3cc(OC)ccc3OC)C2)c1. The largest absolute Gasteiger partial charge is 0.497 e. The number of hydrogen-bond acceptors (Lipinski definition) is 6. The third-order valence-corrected chi connectivity index (χ3v) is 4.84. The second-order valence-corrected chi connectivity index (χ2v) is 6.50. The van der Waals surface area contributed by atoms with Gasteiger partial charge in [-0.2, -0.15) is 0 Å². The van der Waals surface area contributed by atoms with Crippen LogP contribution in [0.1, 0.15) is 6.42 Å². The lowest BCUT2D eigenvalue weighted by atomic mass is 10.1. The average Bonchev–Trinajstić information content (AvgIpc) is 3.14. The molecule has 1 aliphatic heterocycles. The fourth-order valence-electron chi connectivity index (χ4n) is 3.27. The number of rotatable bonds is 7. The number of methoxy groups -OCH3 is 4. The molecule has 0 unspecified atom stereocenters. The van der Waals surface area contributed by atoms with Crippen LogP contribution in [0.25, 0.3) is 0 Å². The maximum atomic E-state index is 12.8. The smallest absolute Gasteiger partial charge is 0.229 e. The van der Waals surface area contributed by atoms with Gasteiger partial charge in [-0.05, 0) is 24.3 Å². The maximum absolute atomic E-state index is 12.8. The normalized spacial score (nSPS) is 15.8. The van der Waals surface area contributed by atoms with Gasteiger partial charge in [0.2, 0.25) is 11.8 Å². The Morgan fingerprint density at radius 3 is 2.17 bits per heavy atom. The third kappa shape index (κ3) is 4.21. The summed E-state index contributed by atoms with van der Waals surface area (Å²) in [5, 5.41) is 2.84. The maximum Gasteiger partial charge on any atom is 0.229 e. The standard InChI is InChI=1S/C21H24N2O6/c1-26-14-5-7-18(28-3)16(10-14)22-21(25)13-9-20(24)23(12-13)17-11-15(27-2)6-8-19(17)29-4/h5-8,10-11,13H,9,12H2,1-4H3,(H,22,25)/t13-/m0/s1. The van der Waals surface area contributed by atoms with Crippen LogP contribution in [0.3, 0.4) is 0 Å². The van der Waals surface area contributed by atoms with Crippen LogP contribution in [0.5, 0.6) is 23.0 Å². The molecule has 0 radical (unpaired) electrons. The van der Waals surface area contributed by atoms with Crippen molar-refractivity contribution in [3.63, 3.8) is 0 Å². The fraction of sp³-hybridized carbons (Fsp3) is 0.333. The zero-order chi connectivity index (χ0) is 21.0. The Morgan fingerprint density at radius 1 is 0.931 bits per heavy atom. The van der Waals surface area contributed by atoms with Crippen LogP contribution < -0.4 is 29.2 Å². The van der Waals surface area contributed by atoms with Crippen molar-refractivity contribution in [1.82, 2.24) is 0 Å². The minimum Gasteiger partial charge on any atom is -0.497 e. The van der Waals surface area contributed by atoms with Gasteiger partial charge >= 0.3 is 0 Å². The Morgan fingerprint density at radius 2 is 1.55 bits per heavy atom. The molecule has 1 fully saturated rings. The summed E-state index contributed by atoms with van der Waals surface area (Å²) in [7, 11) is 6.15. The van der Waals surface area contributed by atoms with Gasteiger partial charge in [0.05, 0.1) is 45.7 Å². The van der Waals surface area contributed by atoms with E-state index in [0.29, 0.717) is 34.4 Å². The van der Waals surface area contributed by atoms with Crippen LogP contribution in [-0.4, -0.2) is 46.8 Å². The molecule has 2 aromatic carbocycles. The molecule has 8 heteroatoms. The van der Waals surface area contributed by atoms with Crippen LogP contribution in [0, 0.1) is 5.92 Å². The number of ether oxygens (including phenoxy) is 4. The third-order valence-electron chi connectivity index (χ3n) is 4.84. The number of nitrogens with zero attached hydrogens (tertiary/aromatic N) is 1. The number of anilines is 2. The van der Waals surface area contributed by atoms with Gasteiger partial charge < -0.3 is 29.2 Å². The molecular weight excluding hydrogens is 376 g/mol. The van der Waals surface area contributed by atoms with Crippen LogP contribution in [-0.2, 0) is 9.59 Å². The second kappa shape index (κ2) is 8.72. The van der Waals surface area contributed by atoms with Crippen molar-refractivity contribution in [2.45, 2.75) is 6.42 Å². The molecule has 2 amide bonds. The molecular formula is C21H24N2O6. The number of benzene rings is 2. The Kier molecular flexibility index (Phi) is 6.11. The van der Waals surface area contributed by atoms with Crippen LogP contribution in [0.4, 0.5) is 11.4 Å². The second-order valence-electron chi connectivity index (χ2n) is 6.50. The molecule has 2 aromatic rings. The summed E-state index contributed by atoms with van der Waals surface area (Å²) in [5.74, 6) is 1.29. The first-order valence-electron chi connectivity index (χ1n) is 9.06. The van der Waals surface area contributed by atoms with Crippen molar-refractivity contribution in [3.8, 4) is 23.0 Å². The van der Waals surface area contributed by atoms with Crippen LogP contribution in [0.2, 0.25) is 0 Å². The van der Waals surface area contributed by atoms with Gasteiger partial charge in [0.1, 0.15) is 23.0 Å². The molecule has 0 saturated carbocycles. The predicted molar refractivity (Wildman–Crippen MR) is 108 cm³/mol. The summed E-state index contributed by atoms with van der Waals surface area (Å²) in [5.41, 5.74) is 1.06. The molecule has 29 heavy (non-hydrogen) atoms. The van der Waals surface area contributed by atoms with Crippen molar-refractivity contribution in [1.29, 1.82) is 0 Å². The average molecular weight is 400 g/mol. The van der Waals surface area contributed by atoms with E-state index in [1.807, 2.05) is 0 Å². The summed E-state index contributed by atoms with van der Waals surface area (Å²) in [6, 6.07) is 10.3. The minimum absolute atomic E-state index is 0.0957. The van der Waals surface area contributed by atoms with Gasteiger partial charge in [-0.25, -0.2) is 0 Å². The predicted octanol–water partition coefficient (Wildman–Crippen LogP) is 2.71. The summed E-state index contributed by atoms with van der Waals surface area (Å²) in [6.07, 6.45) is 0.0957. The van der Waals surface area contributed by atoms with E-state index in [-0.39, 0.29) is 24.8 Å². The van der Waals surface area contributed by atoms with Gasteiger partial charge in [0.15, 0.2) is 0 Å². The zero-order valence-corrected chi connectivity index (χ0v) is 16.9. The lowest BCUT2D eigenvalue weighted by Gasteiger charge is -2.20. The van der Waals surface area contributed by atoms with Gasteiger partial charge in [-0.1, -0.05) is 0 Å². The van der Waals surface area contributed by atoms with Gasteiger partial charge in [-0.3, -0.25) is 9.59 Å². The highest BCUT2D eigenvalue weighted by Gasteiger charge is 2.36. The summed E-state index contributed by atoms with van der Waals surface area (Å²) in [4.78, 5) is 27.0. The fourth-order valence-corrected chi connectivity index (χ4v) is 3.27. The molecule has 1 heterocycles. The van der Waals surface area contributed by atoms with Crippen LogP contribution >= 0.6 is 0 Å². The number of amides is 2. The van der Waals surface area contributed by atoms with E-state index in [2.05, 4.69) is 5.32 Å². The highest BCUT2D eigenvalue weighted by molar-refractivity contribution is 6.04. The first kappa shape index (κ1) is 20.3. The van der Waals surface area contributed by atoms with E-state index in [0.717, 1.165) is 0 Å². The molecule has 0 aromatic heterocycles. The van der Waals surface area contributed by atoms with Crippen LogP contribution in [0.15, 0.2) is 36.4 Å². The number of carbonyl (C=O) groups is 2. The van der Waals surface area contributed by atoms with E-state index in [4.69, 9.17) is 18.9 Å². The van der Waals surface area contributed by atoms with Gasteiger partial charge in [0.25, 0.3) is 0 Å². The van der Waals surface area contributed by atoms with Crippen molar-refractivity contribution in [3.05, 3.63) is 36.4 Å². The first-order valence-corrected chi connectivity index (χ1v) is 9.06. The lowest BCUT2D eigenvalue weighted by molar-refractivity contribution is -0.122. The molecule has 0 spiro atoms. The Hall–Kier alpha value is -3.42. The van der Waals surface area contributed by atoms with Crippen molar-refractivity contribution >= 4 is 23.2 Å². The van der Waals surface area contributed by atoms with E-state index in [1.54, 1.807) is 55.5 Å². The molecule has 1 atom stereocenters. The molecule has 1 N–H and O–H groups in total. The van der Waals surface area contributed by atoms with Crippen molar-refractivity contribution in [2.24, 2.45) is 5.92 Å². The molecule has 1 aliphatic rings. The highest BCUT2D eigenvalue weighted by atomic mass is 16.5. The van der Waals surface area contributed by atoms with Crippen molar-refractivity contribution < 1.29 is 28.5 Å². The van der Waals surface area contributed by atoms with Gasteiger partial charge in [0, 0.05) is 25.1 Å². The molecule has 1 saturated heterocycles. The summed E-state index contributed by atoms with van der Waals surface area (Å²) < 4.78 is 21.1. The summed E-state index contributed by atoms with van der Waals surface area (Å²) in [6.45, 7) is 0.237. The van der Waals surface area contributed by atoms with Crippen molar-refractivity contribution in [2.75, 3.05) is 45.2 Å². The molecule has 0 aliphatic carbocycles. The minimum atomic E-state index is -0.519. The molecule has 8 nitrogen and oxygen atoms in total. The first-order chi connectivity index (χ1) is 14.0. The monoisotopic (exact) mass is 400 g/mol. The molecule has 3 rings (SSSR count). The van der Waals surface area contributed by atoms with E-state index >= 15 is 0 Å². The van der Waals surface area contributed by atoms with E-state index in [1.165, 1.54) is 14.2 Å².